The van der Waals surface area contributed by atoms with Gasteiger partial charge in [0.1, 0.15) is 11.4 Å². The molecule has 0 atom stereocenters. The molecule has 2 rings (SSSR count). The third-order valence-electron chi connectivity index (χ3n) is 2.97. The second-order valence-corrected chi connectivity index (χ2v) is 4.99. The molecule has 24 heavy (non-hydrogen) atoms. The lowest BCUT2D eigenvalue weighted by Crippen LogP contribution is -2.26. The van der Waals surface area contributed by atoms with Gasteiger partial charge in [-0.3, -0.25) is 9.59 Å². The highest BCUT2D eigenvalue weighted by Crippen LogP contribution is 2.10. The number of carbonyl (C=O) groups is 2. The van der Waals surface area contributed by atoms with Crippen LogP contribution in [0.3, 0.4) is 0 Å². The number of nitrogens with zero attached hydrogens (tertiary/aromatic N) is 2. The van der Waals surface area contributed by atoms with E-state index >= 15 is 0 Å². The van der Waals surface area contributed by atoms with Gasteiger partial charge in [-0.25, -0.2) is 10.9 Å². The van der Waals surface area contributed by atoms with Gasteiger partial charge in [-0.15, -0.1) is 0 Å². The second-order valence-electron chi connectivity index (χ2n) is 4.99. The van der Waals surface area contributed by atoms with Crippen LogP contribution < -0.4 is 10.9 Å². The predicted octanol–water partition coefficient (Wildman–Crippen LogP) is 2.07. The van der Waals surface area contributed by atoms with Crippen LogP contribution in [0.1, 0.15) is 25.0 Å². The maximum absolute atomic E-state index is 11.3. The molecule has 0 saturated carbocycles. The van der Waals surface area contributed by atoms with Crippen molar-refractivity contribution in [3.05, 3.63) is 71.8 Å². The maximum atomic E-state index is 11.3. The van der Waals surface area contributed by atoms with Crippen molar-refractivity contribution in [2.45, 2.75) is 13.8 Å². The first kappa shape index (κ1) is 17.1. The van der Waals surface area contributed by atoms with Gasteiger partial charge < -0.3 is 0 Å². The second kappa shape index (κ2) is 8.38. The van der Waals surface area contributed by atoms with Gasteiger partial charge in [0.2, 0.25) is 11.8 Å². The van der Waals surface area contributed by atoms with Crippen molar-refractivity contribution in [2.24, 2.45) is 10.2 Å². The summed E-state index contributed by atoms with van der Waals surface area (Å²) in [4.78, 5) is 22.6. The predicted molar refractivity (Wildman–Crippen MR) is 93.6 cm³/mol. The number of hydrogen-bond donors (Lipinski definition) is 2. The molecule has 6 nitrogen and oxygen atoms in total. The minimum Gasteiger partial charge on any atom is -0.274 e. The molecule has 0 spiro atoms. The van der Waals surface area contributed by atoms with Crippen LogP contribution >= 0.6 is 0 Å². The average molecular weight is 322 g/mol. The molecule has 2 N–H and O–H groups in total. The molecule has 0 bridgehead atoms. The van der Waals surface area contributed by atoms with Crippen molar-refractivity contribution in [3.63, 3.8) is 0 Å². The summed E-state index contributed by atoms with van der Waals surface area (Å²) in [7, 11) is 0. The van der Waals surface area contributed by atoms with E-state index in [0.717, 1.165) is 11.1 Å². The maximum Gasteiger partial charge on any atom is 0.236 e. The Kier molecular flexibility index (Phi) is 5.96. The van der Waals surface area contributed by atoms with Gasteiger partial charge in [-0.1, -0.05) is 60.7 Å². The molecule has 0 aliphatic carbocycles. The number of benzene rings is 2. The first-order valence-electron chi connectivity index (χ1n) is 7.37. The molecule has 0 saturated heterocycles. The van der Waals surface area contributed by atoms with E-state index in [1.807, 2.05) is 60.7 Å². The van der Waals surface area contributed by atoms with E-state index in [2.05, 4.69) is 21.1 Å². The van der Waals surface area contributed by atoms with Crippen LogP contribution in [0.15, 0.2) is 70.9 Å². The van der Waals surface area contributed by atoms with Crippen molar-refractivity contribution < 1.29 is 9.59 Å². The molecule has 122 valence electrons. The Bertz CT molecular complexity index is 701. The van der Waals surface area contributed by atoms with Crippen LogP contribution in [0, 0.1) is 0 Å². The van der Waals surface area contributed by atoms with Gasteiger partial charge in [0.25, 0.3) is 0 Å². The summed E-state index contributed by atoms with van der Waals surface area (Å²) < 4.78 is 0. The molecule has 0 aliphatic heterocycles. The molecular weight excluding hydrogens is 304 g/mol. The zero-order valence-electron chi connectivity index (χ0n) is 13.5. The van der Waals surface area contributed by atoms with E-state index in [-0.39, 0.29) is 11.8 Å². The lowest BCUT2D eigenvalue weighted by molar-refractivity contribution is -0.119. The van der Waals surface area contributed by atoms with E-state index in [1.165, 1.54) is 13.8 Å². The van der Waals surface area contributed by atoms with E-state index in [1.54, 1.807) is 0 Å². The number of nitrogens with one attached hydrogen (secondary N) is 2. The smallest absolute Gasteiger partial charge is 0.236 e. The van der Waals surface area contributed by atoms with Crippen LogP contribution in [-0.4, -0.2) is 23.2 Å². The molecule has 6 heteroatoms. The van der Waals surface area contributed by atoms with Crippen molar-refractivity contribution in [1.82, 2.24) is 10.9 Å². The Morgan fingerprint density at radius 1 is 0.667 bits per heavy atom. The summed E-state index contributed by atoms with van der Waals surface area (Å²) >= 11 is 0. The van der Waals surface area contributed by atoms with Crippen molar-refractivity contribution in [2.75, 3.05) is 0 Å². The van der Waals surface area contributed by atoms with Crippen molar-refractivity contribution >= 4 is 23.2 Å². The monoisotopic (exact) mass is 322 g/mol. The molecule has 0 fully saturated rings. The average Bonchev–Trinajstić information content (AvgIpc) is 2.59. The topological polar surface area (TPSA) is 82.9 Å². The van der Waals surface area contributed by atoms with Crippen molar-refractivity contribution in [3.8, 4) is 0 Å². The fourth-order valence-corrected chi connectivity index (χ4v) is 1.97. The molecule has 2 aromatic carbocycles. The number of carbonyl (C=O) groups excluding carboxylic acids is 2. The SMILES string of the molecule is CC(=O)N/N=C(\C(=N\NC(C)=O)c1ccccc1)c1ccccc1. The molecule has 0 aliphatic rings. The van der Waals surface area contributed by atoms with Crippen LogP contribution in [0.4, 0.5) is 0 Å². The largest absolute Gasteiger partial charge is 0.274 e. The molecule has 2 amide bonds. The highest BCUT2D eigenvalue weighted by atomic mass is 16.2. The summed E-state index contributed by atoms with van der Waals surface area (Å²) in [5.41, 5.74) is 7.30. The van der Waals surface area contributed by atoms with E-state index in [4.69, 9.17) is 0 Å². The molecule has 2 aromatic rings. The highest BCUT2D eigenvalue weighted by Gasteiger charge is 2.15. The number of hydrazone groups is 2. The fourth-order valence-electron chi connectivity index (χ4n) is 1.97. The Hall–Kier alpha value is -3.28. The van der Waals surface area contributed by atoms with Crippen LogP contribution in [0.25, 0.3) is 0 Å². The number of amides is 2. The van der Waals surface area contributed by atoms with Gasteiger partial charge in [-0.2, -0.15) is 10.2 Å². The van der Waals surface area contributed by atoms with Gasteiger partial charge in [0, 0.05) is 25.0 Å². The molecule has 0 heterocycles. The normalized spacial score (nSPS) is 11.8. The summed E-state index contributed by atoms with van der Waals surface area (Å²) in [5.74, 6) is -0.592. The third-order valence-corrected chi connectivity index (χ3v) is 2.97. The minimum atomic E-state index is -0.296. The third kappa shape index (κ3) is 4.88. The quantitative estimate of drug-likeness (QED) is 0.652. The summed E-state index contributed by atoms with van der Waals surface area (Å²) in [6.45, 7) is 2.75. The zero-order valence-corrected chi connectivity index (χ0v) is 13.5. The van der Waals surface area contributed by atoms with Gasteiger partial charge in [0.05, 0.1) is 0 Å². The van der Waals surface area contributed by atoms with Gasteiger partial charge in [0.15, 0.2) is 0 Å². The molecule has 0 unspecified atom stereocenters. The Balaban J connectivity index is 2.56. The molecule has 0 aromatic heterocycles. The first-order valence-corrected chi connectivity index (χ1v) is 7.37. The zero-order chi connectivity index (χ0) is 17.4. The van der Waals surface area contributed by atoms with Crippen LogP contribution in [-0.2, 0) is 9.59 Å². The number of hydrogen-bond acceptors (Lipinski definition) is 4. The fraction of sp³-hybridized carbons (Fsp3) is 0.111. The Morgan fingerprint density at radius 2 is 1.00 bits per heavy atom. The van der Waals surface area contributed by atoms with Crippen LogP contribution in [0.5, 0.6) is 0 Å². The van der Waals surface area contributed by atoms with Gasteiger partial charge >= 0.3 is 0 Å². The van der Waals surface area contributed by atoms with E-state index < -0.39 is 0 Å². The van der Waals surface area contributed by atoms with E-state index in [0.29, 0.717) is 11.4 Å². The number of rotatable bonds is 5. The summed E-state index contributed by atoms with van der Waals surface area (Å²) in [6.07, 6.45) is 0. The van der Waals surface area contributed by atoms with Crippen molar-refractivity contribution in [1.29, 1.82) is 0 Å². The molecule has 0 radical (unpaired) electrons. The standard InChI is InChI=1S/C18H18N4O2/c1-13(23)19-21-17(15-9-5-3-6-10-15)18(22-20-14(2)24)16-11-7-4-8-12-16/h3-12H,1-2H3,(H,19,23)(H,20,24)/b21-17-,22-18+. The van der Waals surface area contributed by atoms with Gasteiger partial charge in [-0.05, 0) is 0 Å². The lowest BCUT2D eigenvalue weighted by atomic mass is 10.00. The lowest BCUT2D eigenvalue weighted by Gasteiger charge is -2.11. The van der Waals surface area contributed by atoms with Crippen LogP contribution in [0.2, 0.25) is 0 Å². The molecular formula is C18H18N4O2. The van der Waals surface area contributed by atoms with E-state index in [9.17, 15) is 9.59 Å². The summed E-state index contributed by atoms with van der Waals surface area (Å²) in [6, 6.07) is 18.6. The Labute approximate surface area is 140 Å². The minimum absolute atomic E-state index is 0.296. The highest BCUT2D eigenvalue weighted by molar-refractivity contribution is 6.53. The summed E-state index contributed by atoms with van der Waals surface area (Å²) in [5, 5.41) is 8.37. The Morgan fingerprint density at radius 3 is 1.29 bits per heavy atom. The first-order chi connectivity index (χ1) is 11.6.